The van der Waals surface area contributed by atoms with Crippen LogP contribution in [0.4, 0.5) is 0 Å². The highest BCUT2D eigenvalue weighted by molar-refractivity contribution is 6.01. The summed E-state index contributed by atoms with van der Waals surface area (Å²) < 4.78 is 1.47. The van der Waals surface area contributed by atoms with Crippen LogP contribution in [-0.2, 0) is 11.3 Å². The molecule has 156 valence electrons. The summed E-state index contributed by atoms with van der Waals surface area (Å²) in [6, 6.07) is 1.50. The minimum Gasteiger partial charge on any atom is -0.354 e. The Kier molecular flexibility index (Phi) is 6.85. The molecule has 8 heteroatoms. The number of amides is 3. The highest BCUT2D eigenvalue weighted by Crippen LogP contribution is 2.26. The fraction of sp³-hybridized carbons (Fsp3) is 0.700. The maximum absolute atomic E-state index is 12.8. The summed E-state index contributed by atoms with van der Waals surface area (Å²) in [6.07, 6.45) is 1.74. The van der Waals surface area contributed by atoms with Crippen molar-refractivity contribution in [1.82, 2.24) is 25.3 Å². The van der Waals surface area contributed by atoms with Gasteiger partial charge in [0.05, 0.1) is 6.54 Å². The number of aromatic nitrogens is 2. The van der Waals surface area contributed by atoms with Gasteiger partial charge in [-0.3, -0.25) is 19.1 Å². The van der Waals surface area contributed by atoms with Gasteiger partial charge in [-0.1, -0.05) is 27.7 Å². The van der Waals surface area contributed by atoms with Gasteiger partial charge in [0, 0.05) is 26.2 Å². The van der Waals surface area contributed by atoms with E-state index in [1.807, 2.05) is 0 Å². The molecule has 2 N–H and O–H groups in total. The number of carbonyl (C=O) groups is 3. The number of nitrogens with zero attached hydrogens (tertiary/aromatic N) is 3. The van der Waals surface area contributed by atoms with Gasteiger partial charge in [-0.2, -0.15) is 5.10 Å². The van der Waals surface area contributed by atoms with Crippen molar-refractivity contribution in [2.24, 2.45) is 11.8 Å². The van der Waals surface area contributed by atoms with Crippen LogP contribution in [0.15, 0.2) is 6.07 Å². The normalized spacial score (nSPS) is 19.1. The molecule has 0 aromatic carbocycles. The van der Waals surface area contributed by atoms with Crippen molar-refractivity contribution in [3.05, 3.63) is 17.5 Å². The smallest absolute Gasteiger partial charge is 0.272 e. The zero-order valence-corrected chi connectivity index (χ0v) is 17.8. The number of rotatable bonds is 8. The van der Waals surface area contributed by atoms with Crippen LogP contribution in [0, 0.1) is 11.8 Å². The van der Waals surface area contributed by atoms with E-state index in [0.29, 0.717) is 30.6 Å². The molecule has 0 unspecified atom stereocenters. The summed E-state index contributed by atoms with van der Waals surface area (Å²) in [5.41, 5.74) is -0.535. The lowest BCUT2D eigenvalue weighted by atomic mass is 9.95. The lowest BCUT2D eigenvalue weighted by Gasteiger charge is -2.40. The average molecular weight is 392 g/mol. The molecule has 1 aromatic heterocycles. The lowest BCUT2D eigenvalue weighted by Crippen LogP contribution is -2.62. The van der Waals surface area contributed by atoms with Gasteiger partial charge in [0.25, 0.3) is 11.8 Å². The van der Waals surface area contributed by atoms with Crippen LogP contribution in [0.5, 0.6) is 0 Å². The van der Waals surface area contributed by atoms with E-state index >= 15 is 0 Å². The second-order valence-corrected chi connectivity index (χ2v) is 8.59. The number of hydrogen-bond acceptors (Lipinski definition) is 4. The molecule has 2 rings (SSSR count). The SMILES string of the molecule is CC(C)CCNC(=O)c1cc2n(n1)C[C@](C)(C(=O)NCCC(C)C)N(C)C2=O. The van der Waals surface area contributed by atoms with Gasteiger partial charge in [-0.15, -0.1) is 0 Å². The summed E-state index contributed by atoms with van der Waals surface area (Å²) >= 11 is 0. The van der Waals surface area contributed by atoms with E-state index in [2.05, 4.69) is 43.4 Å². The molecule has 28 heavy (non-hydrogen) atoms. The number of hydrogen-bond donors (Lipinski definition) is 2. The van der Waals surface area contributed by atoms with E-state index in [0.717, 1.165) is 12.8 Å². The van der Waals surface area contributed by atoms with Crippen LogP contribution in [-0.4, -0.2) is 58.1 Å². The molecule has 1 aliphatic rings. The fourth-order valence-corrected chi connectivity index (χ4v) is 3.07. The zero-order valence-electron chi connectivity index (χ0n) is 17.8. The molecule has 3 amide bonds. The van der Waals surface area contributed by atoms with Crippen LogP contribution >= 0.6 is 0 Å². The molecule has 1 atom stereocenters. The standard InChI is InChI=1S/C20H33N5O3/c1-13(2)7-9-21-17(26)15-11-16-18(27)24(6)20(5,12-25(16)23-15)19(28)22-10-8-14(3)4/h11,13-14H,7-10,12H2,1-6H3,(H,21,26)(H,22,28)/t20-/m1/s1. The number of carbonyl (C=O) groups excluding carboxylic acids is 3. The molecule has 8 nitrogen and oxygen atoms in total. The van der Waals surface area contributed by atoms with Crippen molar-refractivity contribution < 1.29 is 14.4 Å². The molecule has 2 heterocycles. The first-order valence-corrected chi connectivity index (χ1v) is 9.98. The topological polar surface area (TPSA) is 96.3 Å². The molecule has 1 aliphatic heterocycles. The van der Waals surface area contributed by atoms with Crippen molar-refractivity contribution >= 4 is 17.7 Å². The average Bonchev–Trinajstić information content (AvgIpc) is 3.02. The van der Waals surface area contributed by atoms with Crippen molar-refractivity contribution in [2.75, 3.05) is 20.1 Å². The monoisotopic (exact) mass is 391 g/mol. The van der Waals surface area contributed by atoms with E-state index in [-0.39, 0.29) is 30.0 Å². The molecule has 0 bridgehead atoms. The predicted molar refractivity (Wildman–Crippen MR) is 107 cm³/mol. The van der Waals surface area contributed by atoms with Crippen LogP contribution in [0.1, 0.15) is 68.4 Å². The van der Waals surface area contributed by atoms with Crippen LogP contribution in [0.25, 0.3) is 0 Å². The Bertz CT molecular complexity index is 740. The van der Waals surface area contributed by atoms with E-state index < -0.39 is 5.54 Å². The van der Waals surface area contributed by atoms with Gasteiger partial charge in [0.1, 0.15) is 11.2 Å². The Balaban J connectivity index is 2.14. The first kappa shape index (κ1) is 21.9. The zero-order chi connectivity index (χ0) is 21.1. The molecule has 0 saturated carbocycles. The van der Waals surface area contributed by atoms with Gasteiger partial charge in [0.2, 0.25) is 5.91 Å². The molecular weight excluding hydrogens is 358 g/mol. The Hall–Kier alpha value is -2.38. The van der Waals surface area contributed by atoms with E-state index in [4.69, 9.17) is 0 Å². The minimum absolute atomic E-state index is 0.199. The summed E-state index contributed by atoms with van der Waals surface area (Å²) in [4.78, 5) is 39.4. The summed E-state index contributed by atoms with van der Waals surface area (Å²) in [5, 5.41) is 10.0. The molecule has 1 aromatic rings. The van der Waals surface area contributed by atoms with Gasteiger partial charge >= 0.3 is 0 Å². The third kappa shape index (κ3) is 4.72. The van der Waals surface area contributed by atoms with E-state index in [1.165, 1.54) is 15.6 Å². The van der Waals surface area contributed by atoms with Gasteiger partial charge in [-0.05, 0) is 31.6 Å². The van der Waals surface area contributed by atoms with Gasteiger partial charge in [-0.25, -0.2) is 0 Å². The fourth-order valence-electron chi connectivity index (χ4n) is 3.07. The van der Waals surface area contributed by atoms with Crippen molar-refractivity contribution in [2.45, 2.75) is 59.5 Å². The molecule has 0 fully saturated rings. The maximum atomic E-state index is 12.8. The number of likely N-dealkylation sites (N-methyl/N-ethyl adjacent to an activating group) is 1. The summed E-state index contributed by atoms with van der Waals surface area (Å²) in [7, 11) is 1.61. The van der Waals surface area contributed by atoms with E-state index in [1.54, 1.807) is 14.0 Å². The Morgan fingerprint density at radius 3 is 2.29 bits per heavy atom. The van der Waals surface area contributed by atoms with Crippen molar-refractivity contribution in [3.8, 4) is 0 Å². The second-order valence-electron chi connectivity index (χ2n) is 8.59. The summed E-state index contributed by atoms with van der Waals surface area (Å²) in [6.45, 7) is 11.4. The molecular formula is C20H33N5O3. The van der Waals surface area contributed by atoms with Crippen molar-refractivity contribution in [1.29, 1.82) is 0 Å². The number of fused-ring (bicyclic) bond motifs is 1. The Morgan fingerprint density at radius 2 is 1.71 bits per heavy atom. The quantitative estimate of drug-likeness (QED) is 0.704. The predicted octanol–water partition coefficient (Wildman–Crippen LogP) is 1.67. The first-order valence-electron chi connectivity index (χ1n) is 9.98. The highest BCUT2D eigenvalue weighted by Gasteiger charge is 2.46. The largest absolute Gasteiger partial charge is 0.354 e. The van der Waals surface area contributed by atoms with Gasteiger partial charge in [0.15, 0.2) is 5.69 Å². The molecule has 0 spiro atoms. The molecule has 0 radical (unpaired) electrons. The highest BCUT2D eigenvalue weighted by atomic mass is 16.2. The maximum Gasteiger partial charge on any atom is 0.272 e. The Labute approximate surface area is 167 Å². The molecule has 0 saturated heterocycles. The third-order valence-electron chi connectivity index (χ3n) is 5.24. The number of nitrogens with one attached hydrogen (secondary N) is 2. The van der Waals surface area contributed by atoms with Crippen LogP contribution in [0.3, 0.4) is 0 Å². The molecule has 0 aliphatic carbocycles. The van der Waals surface area contributed by atoms with Gasteiger partial charge < -0.3 is 15.5 Å². The lowest BCUT2D eigenvalue weighted by molar-refractivity contribution is -0.132. The summed E-state index contributed by atoms with van der Waals surface area (Å²) in [5.74, 6) is 0.129. The minimum atomic E-state index is -1.06. The Morgan fingerprint density at radius 1 is 1.14 bits per heavy atom. The second kappa shape index (κ2) is 8.75. The van der Waals surface area contributed by atoms with Crippen LogP contribution in [0.2, 0.25) is 0 Å². The van der Waals surface area contributed by atoms with Crippen molar-refractivity contribution in [3.63, 3.8) is 0 Å². The van der Waals surface area contributed by atoms with E-state index in [9.17, 15) is 14.4 Å². The van der Waals surface area contributed by atoms with Crippen LogP contribution < -0.4 is 10.6 Å². The first-order chi connectivity index (χ1) is 13.1. The third-order valence-corrected chi connectivity index (χ3v) is 5.24.